The Morgan fingerprint density at radius 1 is 0.766 bits per heavy atom. The number of aliphatic hydroxyl groups is 4. The molecular formula is C40H65N9O26P2. The van der Waals surface area contributed by atoms with Gasteiger partial charge in [-0.2, -0.15) is 4.31 Å². The number of carbonyl (C=O) groups excluding carboxylic acids is 6. The highest BCUT2D eigenvalue weighted by atomic mass is 31.3. The van der Waals surface area contributed by atoms with Gasteiger partial charge in [-0.3, -0.25) is 57.0 Å². The van der Waals surface area contributed by atoms with Gasteiger partial charge in [0, 0.05) is 25.6 Å². The lowest BCUT2D eigenvalue weighted by Crippen LogP contribution is -2.66. The number of hydrogen-bond acceptors (Lipinski definition) is 23. The molecule has 0 spiro atoms. The number of H-pyrrole nitrogens is 1. The standard InChI is InChI=1S/C40H65N9O26P2/c1-16(32(57)44-18(3)37(61)62)43-35(60)21(8-6-7-12-41)46-25(52)10-9-22(38(63)64)47-33(58)17(2)42-34(59)19(4)71-31-27(45-20(5)51)39(73-23(14-50)29(31)55)74-77(68,69)75-76(66,67)70-15-24-28(54)30(56)36(72-24)49-13-11-26(53)48-40(49)65/h11,13,16-19,21-24,27-31,36,39,50,54-56H,6-10,12,14-15,41H2,1-5H3,(H,42,59)(H,43,60)(H,44,57)(H,45,51)(H,46,52)(H,47,58)(H,61,62)(H,63,64)(H,66,67)(H,68,69)(H,48,53,65)/t16-,17+,18-,19-,21+,22-,23-,24-,27-,28-,29-,30-,31-,36-,39-/m1/s1. The van der Waals surface area contributed by atoms with Gasteiger partial charge in [0.1, 0.15) is 79.0 Å². The highest BCUT2D eigenvalue weighted by Gasteiger charge is 2.52. The summed E-state index contributed by atoms with van der Waals surface area (Å²) in [6, 6.07) is -8.13. The Morgan fingerprint density at radius 2 is 1.38 bits per heavy atom. The van der Waals surface area contributed by atoms with Crippen LogP contribution in [0.15, 0.2) is 21.9 Å². The van der Waals surface area contributed by atoms with E-state index in [1.54, 1.807) is 0 Å². The number of phosphoric ester groups is 2. The number of hydrogen-bond donors (Lipinski definition) is 16. The summed E-state index contributed by atoms with van der Waals surface area (Å²) < 4.78 is 57.0. The third-order valence-electron chi connectivity index (χ3n) is 11.4. The number of nitrogens with one attached hydrogen (secondary N) is 7. The Hall–Kier alpha value is -5.62. The van der Waals surface area contributed by atoms with E-state index in [2.05, 4.69) is 40.7 Å². The van der Waals surface area contributed by atoms with E-state index in [9.17, 15) is 92.4 Å². The second-order valence-corrected chi connectivity index (χ2v) is 20.5. The summed E-state index contributed by atoms with van der Waals surface area (Å²) >= 11 is 0. The molecule has 2 saturated heterocycles. The average molecular weight is 1150 g/mol. The molecule has 3 rings (SSSR count). The van der Waals surface area contributed by atoms with Crippen LogP contribution in [0.5, 0.6) is 0 Å². The molecule has 2 aliphatic rings. The number of phosphoric acid groups is 2. The minimum absolute atomic E-state index is 0.0339. The van der Waals surface area contributed by atoms with Gasteiger partial charge in [0.15, 0.2) is 12.5 Å². The number of amides is 6. The highest BCUT2D eigenvalue weighted by molar-refractivity contribution is 7.61. The van der Waals surface area contributed by atoms with Crippen LogP contribution in [0, 0.1) is 0 Å². The summed E-state index contributed by atoms with van der Waals surface area (Å²) in [6.07, 6.45) is -16.4. The summed E-state index contributed by atoms with van der Waals surface area (Å²) in [4.78, 5) is 147. The summed E-state index contributed by atoms with van der Waals surface area (Å²) in [5.41, 5.74) is 3.66. The smallest absolute Gasteiger partial charge is 0.480 e. The van der Waals surface area contributed by atoms with Crippen molar-refractivity contribution in [3.05, 3.63) is 33.1 Å². The third-order valence-corrected chi connectivity index (χ3v) is 14.0. The Morgan fingerprint density at radius 3 is 1.95 bits per heavy atom. The molecule has 0 radical (unpaired) electrons. The number of carbonyl (C=O) groups is 8. The maximum Gasteiger partial charge on any atom is 0.483 e. The van der Waals surface area contributed by atoms with Crippen LogP contribution in [0.2, 0.25) is 0 Å². The molecule has 3 heterocycles. The Balaban J connectivity index is 1.65. The van der Waals surface area contributed by atoms with Gasteiger partial charge in [0.2, 0.25) is 35.4 Å². The van der Waals surface area contributed by atoms with E-state index in [0.717, 1.165) is 33.0 Å². The average Bonchev–Trinajstić information content (AvgIpc) is 3.61. The third kappa shape index (κ3) is 20.0. The number of rotatable bonds is 30. The van der Waals surface area contributed by atoms with Crippen LogP contribution in [-0.2, 0) is 75.1 Å². The normalized spacial score (nSPS) is 26.2. The molecule has 0 aliphatic carbocycles. The van der Waals surface area contributed by atoms with Crippen molar-refractivity contribution in [3.63, 3.8) is 0 Å². The van der Waals surface area contributed by atoms with Crippen LogP contribution in [0.25, 0.3) is 0 Å². The molecule has 436 valence electrons. The number of nitrogens with zero attached hydrogens (tertiary/aromatic N) is 1. The molecule has 35 nitrogen and oxygen atoms in total. The zero-order valence-electron chi connectivity index (χ0n) is 41.8. The number of aromatic nitrogens is 2. The minimum atomic E-state index is -5.95. The van der Waals surface area contributed by atoms with Crippen molar-refractivity contribution in [2.24, 2.45) is 5.73 Å². The van der Waals surface area contributed by atoms with Crippen molar-refractivity contribution in [3.8, 4) is 0 Å². The fourth-order valence-corrected chi connectivity index (χ4v) is 9.40. The molecule has 1 aromatic heterocycles. The van der Waals surface area contributed by atoms with Gasteiger partial charge >= 0.3 is 33.3 Å². The molecule has 17 N–H and O–H groups in total. The van der Waals surface area contributed by atoms with Crippen molar-refractivity contribution in [1.82, 2.24) is 41.5 Å². The summed E-state index contributed by atoms with van der Waals surface area (Å²) in [7, 11) is -11.7. The Labute approximate surface area is 436 Å². The van der Waals surface area contributed by atoms with Gasteiger partial charge in [-0.15, -0.1) is 0 Å². The number of carboxylic acid groups (broad SMARTS) is 2. The SMILES string of the molecule is CC(=O)N[C@H]1[C@@H](OP(=O)(O)OP(=O)(O)OC[C@H]2O[C@@H](n3ccc(=O)[nH]c3=O)[C@H](O)[C@@H]2O)O[C@H](CO)[C@@H](O)[C@@H]1O[C@H](C)C(=O)N[C@@H](C)C(=O)N[C@H](CCC(=O)N[C@@H](CCCCN)C(=O)N[C@H](C)C(=O)N[C@H](C)C(=O)O)C(=O)O. The van der Waals surface area contributed by atoms with Crippen molar-refractivity contribution in [2.45, 2.75) is 158 Å². The molecule has 0 bridgehead atoms. The lowest BCUT2D eigenvalue weighted by atomic mass is 9.96. The maximum absolute atomic E-state index is 13.4. The molecule has 2 unspecified atom stereocenters. The fraction of sp³-hybridized carbons (Fsp3) is 0.700. The van der Waals surface area contributed by atoms with Crippen molar-refractivity contribution < 1.29 is 115 Å². The molecule has 1 aromatic rings. The quantitative estimate of drug-likeness (QED) is 0.0251. The first-order valence-electron chi connectivity index (χ1n) is 23.4. The number of unbranched alkanes of at least 4 members (excludes halogenated alkanes) is 1. The van der Waals surface area contributed by atoms with E-state index in [0.29, 0.717) is 17.4 Å². The number of ether oxygens (including phenoxy) is 3. The Kier molecular flexibility index (Phi) is 25.1. The van der Waals surface area contributed by atoms with Gasteiger partial charge in [-0.25, -0.2) is 18.7 Å². The predicted octanol–water partition coefficient (Wildman–Crippen LogP) is -6.68. The molecule has 17 atom stereocenters. The first-order valence-corrected chi connectivity index (χ1v) is 26.4. The zero-order valence-corrected chi connectivity index (χ0v) is 43.6. The zero-order chi connectivity index (χ0) is 58.3. The van der Waals surface area contributed by atoms with E-state index < -0.39 is 192 Å². The molecule has 2 aliphatic heterocycles. The first-order chi connectivity index (χ1) is 35.8. The van der Waals surface area contributed by atoms with E-state index >= 15 is 0 Å². The monoisotopic (exact) mass is 1150 g/mol. The number of aliphatic carboxylic acids is 2. The fourth-order valence-electron chi connectivity index (χ4n) is 7.24. The van der Waals surface area contributed by atoms with Crippen molar-refractivity contribution >= 4 is 63.0 Å². The van der Waals surface area contributed by atoms with E-state index in [1.807, 2.05) is 4.98 Å². The first kappa shape index (κ1) is 65.7. The Bertz CT molecular complexity index is 2480. The van der Waals surface area contributed by atoms with E-state index in [4.69, 9.17) is 29.6 Å². The van der Waals surface area contributed by atoms with Gasteiger partial charge in [-0.1, -0.05) is 0 Å². The molecule has 2 fully saturated rings. The molecular weight excluding hydrogens is 1080 g/mol. The van der Waals surface area contributed by atoms with Gasteiger partial charge < -0.3 is 92.3 Å². The molecule has 0 saturated carbocycles. The largest absolute Gasteiger partial charge is 0.483 e. The summed E-state index contributed by atoms with van der Waals surface area (Å²) in [6.45, 7) is 3.53. The van der Waals surface area contributed by atoms with Crippen LogP contribution >= 0.6 is 15.6 Å². The minimum Gasteiger partial charge on any atom is -0.480 e. The van der Waals surface area contributed by atoms with E-state index in [1.165, 1.54) is 13.8 Å². The van der Waals surface area contributed by atoms with E-state index in [-0.39, 0.29) is 13.0 Å². The van der Waals surface area contributed by atoms with Crippen LogP contribution in [0.4, 0.5) is 0 Å². The second kappa shape index (κ2) is 29.4. The van der Waals surface area contributed by atoms with Crippen LogP contribution in [0.3, 0.4) is 0 Å². The summed E-state index contributed by atoms with van der Waals surface area (Å²) in [5, 5.41) is 74.4. The topological polar surface area (TPSA) is 541 Å². The number of aliphatic hydroxyl groups excluding tert-OH is 4. The van der Waals surface area contributed by atoms with Gasteiger partial charge in [-0.05, 0) is 59.9 Å². The van der Waals surface area contributed by atoms with Crippen molar-refractivity contribution in [1.29, 1.82) is 0 Å². The number of nitrogens with two attached hydrogens (primary N) is 1. The maximum atomic E-state index is 13.4. The van der Waals surface area contributed by atoms with Gasteiger partial charge in [0.05, 0.1) is 13.2 Å². The second-order valence-electron chi connectivity index (χ2n) is 17.5. The van der Waals surface area contributed by atoms with Crippen LogP contribution < -0.4 is 48.9 Å². The summed E-state index contributed by atoms with van der Waals surface area (Å²) in [5.74, 6) is -8.67. The molecule has 37 heteroatoms. The predicted molar refractivity (Wildman–Crippen MR) is 253 cm³/mol. The lowest BCUT2D eigenvalue weighted by Gasteiger charge is -2.44. The molecule has 6 amide bonds. The van der Waals surface area contributed by atoms with Gasteiger partial charge in [0.25, 0.3) is 5.56 Å². The van der Waals surface area contributed by atoms with Crippen LogP contribution in [-0.4, -0.2) is 202 Å². The number of aromatic amines is 1. The van der Waals surface area contributed by atoms with Crippen molar-refractivity contribution in [2.75, 3.05) is 19.8 Å². The van der Waals surface area contributed by atoms with Crippen LogP contribution in [0.1, 0.15) is 73.0 Å². The number of carboxylic acids is 2. The molecule has 0 aromatic carbocycles. The molecule has 77 heavy (non-hydrogen) atoms. The lowest BCUT2D eigenvalue weighted by molar-refractivity contribution is -0.261. The highest BCUT2D eigenvalue weighted by Crippen LogP contribution is 2.61.